The van der Waals surface area contributed by atoms with E-state index in [9.17, 15) is 9.59 Å². The Morgan fingerprint density at radius 1 is 1.27 bits per heavy atom. The van der Waals surface area contributed by atoms with Gasteiger partial charge in [-0.25, -0.2) is 4.98 Å². The highest BCUT2D eigenvalue weighted by molar-refractivity contribution is 9.10. The van der Waals surface area contributed by atoms with Crippen LogP contribution in [-0.2, 0) is 6.42 Å². The maximum absolute atomic E-state index is 13.1. The molecule has 0 saturated heterocycles. The number of hydrogen-bond acceptors (Lipinski definition) is 5. The van der Waals surface area contributed by atoms with Gasteiger partial charge in [0, 0.05) is 41.0 Å². The third-order valence-corrected chi connectivity index (χ3v) is 6.67. The standard InChI is InChI=1S/C21H17BrClN3O3S/c1-24-19(27)11-3-6-15(14(23)9-11)26(2)21(28)20-25-18-13-5-4-12(22)10-16(13)29-8-7-17(18)30-20/h3-6,9-10H,7-8H2,1-2H3,(H,24,27). The Bertz CT molecular complexity index is 1160. The van der Waals surface area contributed by atoms with Gasteiger partial charge in [-0.15, -0.1) is 11.3 Å². The lowest BCUT2D eigenvalue weighted by Gasteiger charge is -2.18. The third kappa shape index (κ3) is 3.82. The molecule has 9 heteroatoms. The molecule has 2 amide bonds. The van der Waals surface area contributed by atoms with Crippen molar-refractivity contribution in [2.75, 3.05) is 25.6 Å². The van der Waals surface area contributed by atoms with Crippen LogP contribution in [0.4, 0.5) is 5.69 Å². The summed E-state index contributed by atoms with van der Waals surface area (Å²) in [6.45, 7) is 0.523. The van der Waals surface area contributed by atoms with E-state index in [4.69, 9.17) is 16.3 Å². The van der Waals surface area contributed by atoms with E-state index in [1.807, 2.05) is 18.2 Å². The maximum atomic E-state index is 13.1. The van der Waals surface area contributed by atoms with Gasteiger partial charge in [-0.3, -0.25) is 9.59 Å². The van der Waals surface area contributed by atoms with Crippen molar-refractivity contribution in [1.29, 1.82) is 0 Å². The molecule has 0 radical (unpaired) electrons. The van der Waals surface area contributed by atoms with E-state index in [1.54, 1.807) is 32.3 Å². The van der Waals surface area contributed by atoms with Gasteiger partial charge in [0.2, 0.25) is 0 Å². The van der Waals surface area contributed by atoms with Crippen molar-refractivity contribution in [1.82, 2.24) is 10.3 Å². The Hall–Kier alpha value is -2.42. The summed E-state index contributed by atoms with van der Waals surface area (Å²) in [5.41, 5.74) is 2.58. The first-order chi connectivity index (χ1) is 14.4. The van der Waals surface area contributed by atoms with Gasteiger partial charge in [0.25, 0.3) is 11.8 Å². The van der Waals surface area contributed by atoms with Crippen molar-refractivity contribution in [2.24, 2.45) is 0 Å². The number of anilines is 1. The zero-order valence-electron chi connectivity index (χ0n) is 16.2. The molecule has 6 nitrogen and oxygen atoms in total. The SMILES string of the molecule is CNC(=O)c1ccc(N(C)C(=O)c2nc3c(s2)CCOc2cc(Br)ccc2-3)c(Cl)c1. The summed E-state index contributed by atoms with van der Waals surface area (Å²) >= 11 is 11.2. The van der Waals surface area contributed by atoms with Gasteiger partial charge in [0.15, 0.2) is 5.01 Å². The van der Waals surface area contributed by atoms with Crippen molar-refractivity contribution in [3.05, 3.63) is 61.3 Å². The van der Waals surface area contributed by atoms with Crippen LogP contribution < -0.4 is 15.0 Å². The predicted octanol–water partition coefficient (Wildman–Crippen LogP) is 4.80. The maximum Gasteiger partial charge on any atom is 0.287 e. The number of carbonyl (C=O) groups excluding carboxylic acids is 2. The van der Waals surface area contributed by atoms with Gasteiger partial charge in [0.1, 0.15) is 5.75 Å². The first kappa shape index (κ1) is 20.8. The average molecular weight is 507 g/mol. The van der Waals surface area contributed by atoms with Gasteiger partial charge < -0.3 is 15.0 Å². The number of benzene rings is 2. The highest BCUT2D eigenvalue weighted by Gasteiger charge is 2.26. The summed E-state index contributed by atoms with van der Waals surface area (Å²) < 4.78 is 6.76. The molecule has 2 aromatic carbocycles. The molecule has 1 aliphatic heterocycles. The summed E-state index contributed by atoms with van der Waals surface area (Å²) in [5.74, 6) is 0.240. The van der Waals surface area contributed by atoms with Crippen LogP contribution in [-0.4, -0.2) is 37.5 Å². The Balaban J connectivity index is 1.66. The number of nitrogens with one attached hydrogen (secondary N) is 1. The number of ether oxygens (including phenoxy) is 1. The summed E-state index contributed by atoms with van der Waals surface area (Å²) in [6.07, 6.45) is 0.678. The molecular weight excluding hydrogens is 490 g/mol. The van der Waals surface area contributed by atoms with Crippen LogP contribution in [0.1, 0.15) is 25.0 Å². The van der Waals surface area contributed by atoms with E-state index < -0.39 is 0 Å². The predicted molar refractivity (Wildman–Crippen MR) is 122 cm³/mol. The van der Waals surface area contributed by atoms with Crippen molar-refractivity contribution in [3.63, 3.8) is 0 Å². The zero-order chi connectivity index (χ0) is 21.4. The van der Waals surface area contributed by atoms with Crippen molar-refractivity contribution in [2.45, 2.75) is 6.42 Å². The number of amides is 2. The van der Waals surface area contributed by atoms with Gasteiger partial charge in [-0.05, 0) is 36.4 Å². The second-order valence-corrected chi connectivity index (χ2v) is 9.05. The fourth-order valence-corrected chi connectivity index (χ4v) is 4.88. The summed E-state index contributed by atoms with van der Waals surface area (Å²) in [6, 6.07) is 10.6. The quantitative estimate of drug-likeness (QED) is 0.554. The number of nitrogens with zero attached hydrogens (tertiary/aromatic N) is 2. The molecule has 0 aliphatic carbocycles. The van der Waals surface area contributed by atoms with E-state index in [-0.39, 0.29) is 11.8 Å². The van der Waals surface area contributed by atoms with Crippen LogP contribution >= 0.6 is 38.9 Å². The summed E-state index contributed by atoms with van der Waals surface area (Å²) in [4.78, 5) is 32.0. The number of carbonyl (C=O) groups is 2. The minimum absolute atomic E-state index is 0.242. The van der Waals surface area contributed by atoms with E-state index in [0.29, 0.717) is 34.3 Å². The molecule has 3 aromatic rings. The van der Waals surface area contributed by atoms with Crippen molar-refractivity contribution < 1.29 is 14.3 Å². The normalized spacial score (nSPS) is 12.3. The molecule has 4 rings (SSSR count). The van der Waals surface area contributed by atoms with E-state index in [2.05, 4.69) is 26.2 Å². The molecule has 0 saturated carbocycles. The Morgan fingerprint density at radius 3 is 2.80 bits per heavy atom. The fraction of sp³-hybridized carbons (Fsp3) is 0.190. The molecule has 154 valence electrons. The number of halogens is 2. The Morgan fingerprint density at radius 2 is 2.07 bits per heavy atom. The number of aromatic nitrogens is 1. The summed E-state index contributed by atoms with van der Waals surface area (Å²) in [5, 5.41) is 3.24. The molecule has 0 atom stereocenters. The van der Waals surface area contributed by atoms with Gasteiger partial charge in [-0.2, -0.15) is 0 Å². The number of rotatable bonds is 3. The highest BCUT2D eigenvalue weighted by atomic mass is 79.9. The fourth-order valence-electron chi connectivity index (χ4n) is 3.21. The van der Waals surface area contributed by atoms with E-state index in [1.165, 1.54) is 16.2 Å². The molecule has 1 aromatic heterocycles. The van der Waals surface area contributed by atoms with Crippen LogP contribution in [0.3, 0.4) is 0 Å². The average Bonchev–Trinajstić information content (AvgIpc) is 3.08. The molecule has 30 heavy (non-hydrogen) atoms. The number of hydrogen-bond donors (Lipinski definition) is 1. The smallest absolute Gasteiger partial charge is 0.287 e. The van der Waals surface area contributed by atoms with Crippen LogP contribution in [0.25, 0.3) is 11.3 Å². The largest absolute Gasteiger partial charge is 0.492 e. The minimum Gasteiger partial charge on any atom is -0.492 e. The second kappa shape index (κ2) is 8.37. The van der Waals surface area contributed by atoms with Gasteiger partial charge in [-0.1, -0.05) is 27.5 Å². The number of fused-ring (bicyclic) bond motifs is 3. The van der Waals surface area contributed by atoms with Crippen LogP contribution in [0.5, 0.6) is 5.75 Å². The second-order valence-electron chi connectivity index (χ2n) is 6.64. The molecule has 1 N–H and O–H groups in total. The van der Waals surface area contributed by atoms with Crippen LogP contribution in [0, 0.1) is 0 Å². The Labute approximate surface area is 191 Å². The van der Waals surface area contributed by atoms with Crippen molar-refractivity contribution >= 4 is 56.4 Å². The molecule has 1 aliphatic rings. The molecule has 0 spiro atoms. The summed E-state index contributed by atoms with van der Waals surface area (Å²) in [7, 11) is 3.19. The Kier molecular flexibility index (Phi) is 5.81. The van der Waals surface area contributed by atoms with Crippen LogP contribution in [0.2, 0.25) is 5.02 Å². The zero-order valence-corrected chi connectivity index (χ0v) is 19.3. The minimum atomic E-state index is -0.262. The lowest BCUT2D eigenvalue weighted by atomic mass is 10.1. The van der Waals surface area contributed by atoms with Crippen molar-refractivity contribution in [3.8, 4) is 17.0 Å². The van der Waals surface area contributed by atoms with Crippen LogP contribution in [0.15, 0.2) is 40.9 Å². The number of thiazole rings is 1. The molecule has 0 fully saturated rings. The highest BCUT2D eigenvalue weighted by Crippen LogP contribution is 2.39. The monoisotopic (exact) mass is 505 g/mol. The van der Waals surface area contributed by atoms with E-state index >= 15 is 0 Å². The van der Waals surface area contributed by atoms with E-state index in [0.717, 1.165) is 26.4 Å². The molecule has 0 bridgehead atoms. The topological polar surface area (TPSA) is 71.5 Å². The van der Waals surface area contributed by atoms with Gasteiger partial charge in [0.05, 0.1) is 23.0 Å². The first-order valence-electron chi connectivity index (χ1n) is 9.11. The molecule has 2 heterocycles. The third-order valence-electron chi connectivity index (χ3n) is 4.77. The van der Waals surface area contributed by atoms with Gasteiger partial charge >= 0.3 is 0 Å². The lowest BCUT2D eigenvalue weighted by Crippen LogP contribution is -2.26. The lowest BCUT2D eigenvalue weighted by molar-refractivity contribution is 0.0962. The first-order valence-corrected chi connectivity index (χ1v) is 11.1. The molecular formula is C21H17BrClN3O3S. The molecule has 0 unspecified atom stereocenters.